The summed E-state index contributed by atoms with van der Waals surface area (Å²) in [5.41, 5.74) is 9.00. The SMILES string of the molecule is CC1CC1CN(C)c1nc2c(cc1C(N)=NO)CCC2. The van der Waals surface area contributed by atoms with Gasteiger partial charge < -0.3 is 15.8 Å². The van der Waals surface area contributed by atoms with Gasteiger partial charge in [-0.25, -0.2) is 4.98 Å². The molecule has 3 rings (SSSR count). The summed E-state index contributed by atoms with van der Waals surface area (Å²) < 4.78 is 0. The molecular formula is C15H22N4O. The summed E-state index contributed by atoms with van der Waals surface area (Å²) in [6.07, 6.45) is 4.50. The lowest BCUT2D eigenvalue weighted by Gasteiger charge is -2.22. The first-order valence-corrected chi connectivity index (χ1v) is 7.32. The van der Waals surface area contributed by atoms with Gasteiger partial charge in [-0.05, 0) is 49.1 Å². The van der Waals surface area contributed by atoms with E-state index >= 15 is 0 Å². The molecule has 0 aliphatic heterocycles. The number of nitrogens with zero attached hydrogens (tertiary/aromatic N) is 3. The van der Waals surface area contributed by atoms with Gasteiger partial charge in [-0.15, -0.1) is 0 Å². The van der Waals surface area contributed by atoms with E-state index in [2.05, 4.69) is 17.0 Å². The average Bonchev–Trinajstić information content (AvgIpc) is 2.95. The van der Waals surface area contributed by atoms with Crippen LogP contribution in [0.4, 0.5) is 5.82 Å². The standard InChI is InChI=1S/C15H22N4O/c1-9-6-11(9)8-19(2)15-12(14(16)18-20)7-10-4-3-5-13(10)17-15/h7,9,11,20H,3-6,8H2,1-2H3,(H2,16,18). The smallest absolute Gasteiger partial charge is 0.173 e. The van der Waals surface area contributed by atoms with Gasteiger partial charge in [-0.1, -0.05) is 12.1 Å². The summed E-state index contributed by atoms with van der Waals surface area (Å²) >= 11 is 0. The third kappa shape index (κ3) is 2.32. The molecule has 2 atom stereocenters. The summed E-state index contributed by atoms with van der Waals surface area (Å²) in [7, 11) is 2.04. The van der Waals surface area contributed by atoms with Crippen molar-refractivity contribution in [3.8, 4) is 0 Å². The predicted molar refractivity (Wildman–Crippen MR) is 79.3 cm³/mol. The van der Waals surface area contributed by atoms with Crippen LogP contribution < -0.4 is 10.6 Å². The lowest BCUT2D eigenvalue weighted by molar-refractivity contribution is 0.318. The molecule has 108 valence electrons. The highest BCUT2D eigenvalue weighted by atomic mass is 16.4. The zero-order chi connectivity index (χ0) is 14.3. The molecule has 1 heterocycles. The van der Waals surface area contributed by atoms with Crippen LogP contribution in [-0.4, -0.2) is 29.6 Å². The number of fused-ring (bicyclic) bond motifs is 1. The van der Waals surface area contributed by atoms with Crippen LogP contribution in [0.1, 0.15) is 36.6 Å². The maximum absolute atomic E-state index is 9.00. The first-order valence-electron chi connectivity index (χ1n) is 7.32. The summed E-state index contributed by atoms with van der Waals surface area (Å²) in [5.74, 6) is 2.55. The molecule has 1 saturated carbocycles. The molecular weight excluding hydrogens is 252 g/mol. The van der Waals surface area contributed by atoms with E-state index in [0.717, 1.165) is 49.0 Å². The number of aromatic nitrogens is 1. The number of aryl methyl sites for hydroxylation is 2. The number of hydrogen-bond donors (Lipinski definition) is 2. The second-order valence-corrected chi connectivity index (χ2v) is 6.16. The summed E-state index contributed by atoms with van der Waals surface area (Å²) in [5, 5.41) is 12.2. The molecule has 1 aromatic heterocycles. The van der Waals surface area contributed by atoms with Gasteiger partial charge in [0.1, 0.15) is 5.82 Å². The fourth-order valence-electron chi connectivity index (χ4n) is 3.09. The van der Waals surface area contributed by atoms with Crippen LogP contribution >= 0.6 is 0 Å². The summed E-state index contributed by atoms with van der Waals surface area (Å²) in [6.45, 7) is 3.26. The fraction of sp³-hybridized carbons (Fsp3) is 0.600. The van der Waals surface area contributed by atoms with Crippen molar-refractivity contribution >= 4 is 11.7 Å². The molecule has 2 aliphatic carbocycles. The molecule has 5 heteroatoms. The van der Waals surface area contributed by atoms with Crippen LogP contribution in [0.3, 0.4) is 0 Å². The second kappa shape index (κ2) is 4.96. The molecule has 5 nitrogen and oxygen atoms in total. The molecule has 20 heavy (non-hydrogen) atoms. The summed E-state index contributed by atoms with van der Waals surface area (Å²) in [4.78, 5) is 6.93. The zero-order valence-electron chi connectivity index (χ0n) is 12.1. The minimum Gasteiger partial charge on any atom is -0.409 e. The van der Waals surface area contributed by atoms with Gasteiger partial charge in [-0.2, -0.15) is 0 Å². The van der Waals surface area contributed by atoms with Crippen LogP contribution in [0, 0.1) is 11.8 Å². The second-order valence-electron chi connectivity index (χ2n) is 6.16. The largest absolute Gasteiger partial charge is 0.409 e. The number of rotatable bonds is 4. The Morgan fingerprint density at radius 2 is 2.30 bits per heavy atom. The van der Waals surface area contributed by atoms with Crippen molar-refractivity contribution < 1.29 is 5.21 Å². The van der Waals surface area contributed by atoms with Crippen molar-refractivity contribution in [2.45, 2.75) is 32.6 Å². The Kier molecular flexibility index (Phi) is 3.28. The molecule has 2 unspecified atom stereocenters. The zero-order valence-corrected chi connectivity index (χ0v) is 12.1. The number of nitrogens with two attached hydrogens (primary N) is 1. The van der Waals surface area contributed by atoms with Gasteiger partial charge in [-0.3, -0.25) is 0 Å². The number of pyridine rings is 1. The molecule has 3 N–H and O–H groups in total. The number of hydrogen-bond acceptors (Lipinski definition) is 4. The van der Waals surface area contributed by atoms with Gasteiger partial charge in [0.15, 0.2) is 5.84 Å². The molecule has 0 spiro atoms. The van der Waals surface area contributed by atoms with E-state index in [1.165, 1.54) is 17.7 Å². The third-order valence-electron chi connectivity index (χ3n) is 4.56. The molecule has 0 amide bonds. The molecule has 1 aromatic rings. The lowest BCUT2D eigenvalue weighted by atomic mass is 10.1. The Labute approximate surface area is 119 Å². The van der Waals surface area contributed by atoms with Crippen molar-refractivity contribution in [3.05, 3.63) is 22.9 Å². The van der Waals surface area contributed by atoms with E-state index in [-0.39, 0.29) is 5.84 Å². The van der Waals surface area contributed by atoms with Crippen LogP contribution in [0.25, 0.3) is 0 Å². The molecule has 0 radical (unpaired) electrons. The van der Waals surface area contributed by atoms with Crippen LogP contribution in [0.2, 0.25) is 0 Å². The Morgan fingerprint density at radius 1 is 1.55 bits per heavy atom. The number of oxime groups is 1. The van der Waals surface area contributed by atoms with E-state index in [1.54, 1.807) is 0 Å². The van der Waals surface area contributed by atoms with Crippen molar-refractivity contribution in [1.29, 1.82) is 0 Å². The van der Waals surface area contributed by atoms with Gasteiger partial charge in [0.25, 0.3) is 0 Å². The monoisotopic (exact) mass is 274 g/mol. The predicted octanol–water partition coefficient (Wildman–Crippen LogP) is 1.76. The van der Waals surface area contributed by atoms with Crippen LogP contribution in [0.15, 0.2) is 11.2 Å². The van der Waals surface area contributed by atoms with Crippen molar-refractivity contribution in [3.63, 3.8) is 0 Å². The van der Waals surface area contributed by atoms with E-state index in [9.17, 15) is 0 Å². The van der Waals surface area contributed by atoms with Gasteiger partial charge >= 0.3 is 0 Å². The maximum Gasteiger partial charge on any atom is 0.173 e. The minimum atomic E-state index is 0.151. The van der Waals surface area contributed by atoms with Crippen molar-refractivity contribution in [1.82, 2.24) is 4.98 Å². The van der Waals surface area contributed by atoms with Gasteiger partial charge in [0, 0.05) is 19.3 Å². The van der Waals surface area contributed by atoms with Crippen LogP contribution in [0.5, 0.6) is 0 Å². The topological polar surface area (TPSA) is 74.7 Å². The number of anilines is 1. The highest BCUT2D eigenvalue weighted by Gasteiger charge is 2.34. The highest BCUT2D eigenvalue weighted by Crippen LogP contribution is 2.39. The number of amidine groups is 1. The van der Waals surface area contributed by atoms with Crippen molar-refractivity contribution in [2.24, 2.45) is 22.7 Å². The minimum absolute atomic E-state index is 0.151. The summed E-state index contributed by atoms with van der Waals surface area (Å²) in [6, 6.07) is 2.05. The van der Waals surface area contributed by atoms with E-state index in [0.29, 0.717) is 0 Å². The first-order chi connectivity index (χ1) is 9.60. The maximum atomic E-state index is 9.00. The molecule has 0 saturated heterocycles. The fourth-order valence-corrected chi connectivity index (χ4v) is 3.09. The average molecular weight is 274 g/mol. The first kappa shape index (κ1) is 13.2. The van der Waals surface area contributed by atoms with Gasteiger partial charge in [0.05, 0.1) is 5.56 Å². The molecule has 0 aromatic carbocycles. The molecule has 2 aliphatic rings. The highest BCUT2D eigenvalue weighted by molar-refractivity contribution is 6.01. The third-order valence-corrected chi connectivity index (χ3v) is 4.56. The lowest BCUT2D eigenvalue weighted by Crippen LogP contribution is -2.27. The normalized spacial score (nSPS) is 24.6. The Balaban J connectivity index is 1.94. The molecule has 0 bridgehead atoms. The molecule has 1 fully saturated rings. The quantitative estimate of drug-likeness (QED) is 0.380. The van der Waals surface area contributed by atoms with Crippen LogP contribution in [-0.2, 0) is 12.8 Å². The van der Waals surface area contributed by atoms with Crippen molar-refractivity contribution in [2.75, 3.05) is 18.5 Å². The Morgan fingerprint density at radius 3 is 2.95 bits per heavy atom. The van der Waals surface area contributed by atoms with E-state index in [1.807, 2.05) is 13.1 Å². The Hall–Kier alpha value is -1.78. The van der Waals surface area contributed by atoms with E-state index in [4.69, 9.17) is 15.9 Å². The Bertz CT molecular complexity index is 555. The van der Waals surface area contributed by atoms with Gasteiger partial charge in [0.2, 0.25) is 0 Å². The van der Waals surface area contributed by atoms with E-state index < -0.39 is 0 Å².